The van der Waals surface area contributed by atoms with Crippen molar-refractivity contribution in [3.8, 4) is 11.1 Å². The number of anilines is 3. The average molecular weight is 570 g/mol. The molecule has 1 aliphatic carbocycles. The molecule has 1 aromatic carbocycles. The molecule has 2 fully saturated rings. The summed E-state index contributed by atoms with van der Waals surface area (Å²) in [5.41, 5.74) is 4.61. The summed E-state index contributed by atoms with van der Waals surface area (Å²) in [6.45, 7) is 1.83. The fourth-order valence-electron chi connectivity index (χ4n) is 6.12. The van der Waals surface area contributed by atoms with Crippen LogP contribution in [-0.4, -0.2) is 40.7 Å². The molecule has 0 atom stereocenters. The third kappa shape index (κ3) is 4.76. The van der Waals surface area contributed by atoms with Gasteiger partial charge in [0.1, 0.15) is 16.0 Å². The molecule has 0 amide bonds. The number of aromatic nitrogens is 3. The van der Waals surface area contributed by atoms with E-state index in [2.05, 4.69) is 15.2 Å². The van der Waals surface area contributed by atoms with E-state index in [1.165, 1.54) is 24.9 Å². The van der Waals surface area contributed by atoms with Gasteiger partial charge in [0.15, 0.2) is 11.5 Å². The zero-order valence-corrected chi connectivity index (χ0v) is 23.7. The number of carbonyl (C=O) groups excluding carboxylic acids is 1. The molecule has 1 saturated carbocycles. The normalized spacial score (nSPS) is 16.1. The Hall–Kier alpha value is -4.18. The minimum Gasteiger partial charge on any atom is -0.464 e. The zero-order chi connectivity index (χ0) is 27.9. The van der Waals surface area contributed by atoms with E-state index in [4.69, 9.17) is 14.1 Å². The van der Waals surface area contributed by atoms with Crippen molar-refractivity contribution in [1.29, 1.82) is 0 Å². The molecule has 0 bridgehead atoms. The average Bonchev–Trinajstić information content (AvgIpc) is 3.76. The van der Waals surface area contributed by atoms with Crippen LogP contribution in [0.2, 0.25) is 0 Å². The van der Waals surface area contributed by atoms with Crippen LogP contribution in [0.15, 0.2) is 57.2 Å². The molecule has 7 rings (SSSR count). The molecule has 210 valence electrons. The van der Waals surface area contributed by atoms with Crippen molar-refractivity contribution < 1.29 is 13.9 Å². The van der Waals surface area contributed by atoms with E-state index < -0.39 is 0 Å². The van der Waals surface area contributed by atoms with E-state index in [0.717, 1.165) is 79.5 Å². The van der Waals surface area contributed by atoms with E-state index in [1.807, 2.05) is 40.3 Å². The molecule has 1 aliphatic heterocycles. The Balaban J connectivity index is 1.18. The summed E-state index contributed by atoms with van der Waals surface area (Å²) < 4.78 is 14.0. The lowest BCUT2D eigenvalue weighted by atomic mass is 10.1. The maximum atomic E-state index is 12.9. The second-order valence-electron chi connectivity index (χ2n) is 10.8. The van der Waals surface area contributed by atoms with E-state index in [-0.39, 0.29) is 17.4 Å². The minimum atomic E-state index is -0.361. The highest BCUT2D eigenvalue weighted by atomic mass is 32.1. The Morgan fingerprint density at radius 2 is 1.85 bits per heavy atom. The third-order valence-electron chi connectivity index (χ3n) is 8.21. The standard InChI is InChI=1S/C31H31N5O4S/c1-39-30(38)24-15-20-17-32-31(34-29(20)36(24)22-7-3-4-8-22)33-21-11-9-19(10-12-21)23-18-41-28-25(37)16-26(40-27(23)28)35-13-5-2-6-14-35/h9-12,15-18,22H,2-8,13-14H2,1H3,(H,32,33,34). The van der Waals surface area contributed by atoms with Crippen LogP contribution >= 0.6 is 11.3 Å². The monoisotopic (exact) mass is 569 g/mol. The summed E-state index contributed by atoms with van der Waals surface area (Å²) >= 11 is 1.42. The summed E-state index contributed by atoms with van der Waals surface area (Å²) in [4.78, 5) is 36.9. The molecule has 4 aromatic heterocycles. The van der Waals surface area contributed by atoms with Crippen LogP contribution in [0.1, 0.15) is 61.5 Å². The van der Waals surface area contributed by atoms with Gasteiger partial charge >= 0.3 is 5.97 Å². The largest absolute Gasteiger partial charge is 0.464 e. The topological polar surface area (TPSA) is 102 Å². The maximum Gasteiger partial charge on any atom is 0.354 e. The number of nitrogens with zero attached hydrogens (tertiary/aromatic N) is 4. The number of hydrogen-bond donors (Lipinski definition) is 1. The summed E-state index contributed by atoms with van der Waals surface area (Å²) in [5, 5.41) is 6.11. The van der Waals surface area contributed by atoms with Crippen molar-refractivity contribution in [1.82, 2.24) is 14.5 Å². The number of rotatable bonds is 6. The van der Waals surface area contributed by atoms with Gasteiger partial charge < -0.3 is 23.9 Å². The van der Waals surface area contributed by atoms with Gasteiger partial charge in [-0.1, -0.05) is 25.0 Å². The van der Waals surface area contributed by atoms with E-state index in [1.54, 1.807) is 12.3 Å². The Morgan fingerprint density at radius 1 is 1.07 bits per heavy atom. The molecular formula is C31H31N5O4S. The number of thiophene rings is 1. The van der Waals surface area contributed by atoms with Crippen molar-refractivity contribution in [2.75, 3.05) is 30.4 Å². The molecule has 41 heavy (non-hydrogen) atoms. The molecule has 1 saturated heterocycles. The first-order valence-electron chi connectivity index (χ1n) is 14.2. The Morgan fingerprint density at radius 3 is 2.61 bits per heavy atom. The van der Waals surface area contributed by atoms with Crippen LogP contribution in [0.4, 0.5) is 17.5 Å². The molecule has 5 heterocycles. The van der Waals surface area contributed by atoms with Gasteiger partial charge in [-0.15, -0.1) is 11.3 Å². The molecule has 10 heteroatoms. The van der Waals surface area contributed by atoms with Gasteiger partial charge in [0.05, 0.1) is 7.11 Å². The highest BCUT2D eigenvalue weighted by Gasteiger charge is 2.26. The summed E-state index contributed by atoms with van der Waals surface area (Å²) in [7, 11) is 1.40. The number of ether oxygens (including phenoxy) is 1. The van der Waals surface area contributed by atoms with E-state index >= 15 is 0 Å². The van der Waals surface area contributed by atoms with E-state index in [9.17, 15) is 9.59 Å². The first-order chi connectivity index (χ1) is 20.1. The summed E-state index contributed by atoms with van der Waals surface area (Å²) in [6, 6.07) is 11.6. The molecule has 5 aromatic rings. The number of methoxy groups -OCH3 is 1. The molecule has 0 radical (unpaired) electrons. The van der Waals surface area contributed by atoms with Crippen LogP contribution in [0.25, 0.3) is 32.4 Å². The van der Waals surface area contributed by atoms with Crippen LogP contribution in [0, 0.1) is 0 Å². The molecule has 0 unspecified atom stereocenters. The number of benzene rings is 1. The molecule has 0 spiro atoms. The smallest absolute Gasteiger partial charge is 0.354 e. The predicted octanol–water partition coefficient (Wildman–Crippen LogP) is 6.90. The van der Waals surface area contributed by atoms with Crippen LogP contribution in [0.3, 0.4) is 0 Å². The third-order valence-corrected chi connectivity index (χ3v) is 9.19. The predicted molar refractivity (Wildman–Crippen MR) is 162 cm³/mol. The van der Waals surface area contributed by atoms with Crippen LogP contribution < -0.4 is 15.6 Å². The Kier molecular flexibility index (Phi) is 6.70. The van der Waals surface area contributed by atoms with Gasteiger partial charge in [-0.05, 0) is 55.9 Å². The number of fused-ring (bicyclic) bond motifs is 2. The van der Waals surface area contributed by atoms with Gasteiger partial charge in [-0.3, -0.25) is 4.79 Å². The first-order valence-corrected chi connectivity index (χ1v) is 15.1. The lowest BCUT2D eigenvalue weighted by Gasteiger charge is -2.26. The quantitative estimate of drug-likeness (QED) is 0.220. The minimum absolute atomic E-state index is 0.00612. The Bertz CT molecular complexity index is 1790. The fraction of sp³-hybridized carbons (Fsp3) is 0.355. The van der Waals surface area contributed by atoms with Crippen molar-refractivity contribution in [3.63, 3.8) is 0 Å². The van der Waals surface area contributed by atoms with Crippen molar-refractivity contribution in [2.45, 2.75) is 51.0 Å². The maximum absolute atomic E-state index is 12.9. The first kappa shape index (κ1) is 25.8. The zero-order valence-electron chi connectivity index (χ0n) is 22.9. The molecule has 1 N–H and O–H groups in total. The highest BCUT2D eigenvalue weighted by Crippen LogP contribution is 2.37. The van der Waals surface area contributed by atoms with Gasteiger partial charge in [0.2, 0.25) is 11.4 Å². The van der Waals surface area contributed by atoms with Crippen LogP contribution in [-0.2, 0) is 4.74 Å². The van der Waals surface area contributed by atoms with Gasteiger partial charge in [0, 0.05) is 53.4 Å². The van der Waals surface area contributed by atoms with Gasteiger partial charge in [-0.25, -0.2) is 9.78 Å². The summed E-state index contributed by atoms with van der Waals surface area (Å²) in [6.07, 6.45) is 9.48. The fourth-order valence-corrected chi connectivity index (χ4v) is 7.04. The lowest BCUT2D eigenvalue weighted by Crippen LogP contribution is -2.29. The SMILES string of the molecule is COC(=O)c1cc2cnc(Nc3ccc(-c4csc5c(=O)cc(N6CCCCC6)oc45)cc3)nc2n1C1CCCC1. The number of esters is 1. The number of piperidine rings is 1. The number of nitrogens with one attached hydrogen (secondary N) is 1. The Labute approximate surface area is 240 Å². The molecule has 2 aliphatic rings. The van der Waals surface area contributed by atoms with E-state index in [0.29, 0.717) is 27.8 Å². The van der Waals surface area contributed by atoms with Crippen molar-refractivity contribution >= 4 is 56.1 Å². The number of carbonyl (C=O) groups is 1. The van der Waals surface area contributed by atoms with Crippen LogP contribution in [0.5, 0.6) is 0 Å². The van der Waals surface area contributed by atoms with Gasteiger partial charge in [0.25, 0.3) is 0 Å². The molecular weight excluding hydrogens is 538 g/mol. The second kappa shape index (κ2) is 10.7. The van der Waals surface area contributed by atoms with Crippen molar-refractivity contribution in [3.05, 3.63) is 63.9 Å². The summed E-state index contributed by atoms with van der Waals surface area (Å²) in [5.74, 6) is 0.752. The van der Waals surface area contributed by atoms with Gasteiger partial charge in [-0.2, -0.15) is 4.98 Å². The lowest BCUT2D eigenvalue weighted by molar-refractivity contribution is 0.0586. The molecule has 9 nitrogen and oxygen atoms in total. The number of hydrogen-bond acceptors (Lipinski definition) is 9. The highest BCUT2D eigenvalue weighted by molar-refractivity contribution is 7.17. The second-order valence-corrected chi connectivity index (χ2v) is 11.7. The van der Waals surface area contributed by atoms with Crippen molar-refractivity contribution in [2.24, 2.45) is 0 Å².